The molecule has 0 saturated carbocycles. The van der Waals surface area contributed by atoms with Crippen LogP contribution in [0.1, 0.15) is 0 Å². The second kappa shape index (κ2) is 2.99. The van der Waals surface area contributed by atoms with E-state index in [2.05, 4.69) is 20.1 Å². The summed E-state index contributed by atoms with van der Waals surface area (Å²) in [4.78, 5) is 12.2. The predicted octanol–water partition coefficient (Wildman–Crippen LogP) is 0.854. The highest BCUT2D eigenvalue weighted by molar-refractivity contribution is 7.17. The fourth-order valence-corrected chi connectivity index (χ4v) is 2.14. The van der Waals surface area contributed by atoms with Gasteiger partial charge in [0.2, 0.25) is 5.95 Å². The molecule has 3 heterocycles. The maximum Gasteiger partial charge on any atom is 0.239 e. The van der Waals surface area contributed by atoms with Gasteiger partial charge in [0.05, 0.1) is 10.2 Å². The topological polar surface area (TPSA) is 82.5 Å². The van der Waals surface area contributed by atoms with Crippen LogP contribution in [0.25, 0.3) is 16.0 Å². The summed E-state index contributed by atoms with van der Waals surface area (Å²) in [6.07, 6.45) is 3.04. The van der Waals surface area contributed by atoms with Crippen LogP contribution >= 0.6 is 11.3 Å². The van der Waals surface area contributed by atoms with E-state index in [0.29, 0.717) is 5.82 Å². The van der Waals surface area contributed by atoms with Gasteiger partial charge in [0, 0.05) is 0 Å². The Balaban J connectivity index is 2.30. The first-order chi connectivity index (χ1) is 7.34. The van der Waals surface area contributed by atoms with Crippen molar-refractivity contribution in [2.45, 2.75) is 0 Å². The van der Waals surface area contributed by atoms with E-state index >= 15 is 0 Å². The van der Waals surface area contributed by atoms with Gasteiger partial charge >= 0.3 is 0 Å². The molecule has 0 aliphatic carbocycles. The zero-order valence-electron chi connectivity index (χ0n) is 7.53. The molecular weight excluding hydrogens is 212 g/mol. The molecule has 0 aliphatic rings. The molecule has 3 aromatic rings. The van der Waals surface area contributed by atoms with E-state index in [0.717, 1.165) is 10.2 Å². The Morgan fingerprint density at radius 1 is 1.27 bits per heavy atom. The molecule has 3 rings (SSSR count). The van der Waals surface area contributed by atoms with Crippen LogP contribution < -0.4 is 5.73 Å². The SMILES string of the molecule is Nc1ncn(-c2ncnc3ccsc23)n1. The second-order valence-electron chi connectivity index (χ2n) is 2.88. The van der Waals surface area contributed by atoms with Gasteiger partial charge < -0.3 is 5.73 Å². The van der Waals surface area contributed by atoms with Gasteiger partial charge in [0.15, 0.2) is 5.82 Å². The van der Waals surface area contributed by atoms with E-state index in [4.69, 9.17) is 5.73 Å². The number of fused-ring (bicyclic) bond motifs is 1. The number of nitrogen functional groups attached to an aromatic ring is 1. The van der Waals surface area contributed by atoms with Gasteiger partial charge in [0.25, 0.3) is 0 Å². The highest BCUT2D eigenvalue weighted by atomic mass is 32.1. The van der Waals surface area contributed by atoms with E-state index in [-0.39, 0.29) is 5.95 Å². The van der Waals surface area contributed by atoms with Crippen molar-refractivity contribution in [3.8, 4) is 5.82 Å². The van der Waals surface area contributed by atoms with Crippen molar-refractivity contribution < 1.29 is 0 Å². The Morgan fingerprint density at radius 2 is 2.20 bits per heavy atom. The first-order valence-corrected chi connectivity index (χ1v) is 5.08. The molecule has 0 bridgehead atoms. The fourth-order valence-electron chi connectivity index (χ4n) is 1.32. The van der Waals surface area contributed by atoms with E-state index in [9.17, 15) is 0 Å². The molecule has 2 N–H and O–H groups in total. The number of nitrogens with zero attached hydrogens (tertiary/aromatic N) is 5. The average molecular weight is 218 g/mol. The monoisotopic (exact) mass is 218 g/mol. The van der Waals surface area contributed by atoms with E-state index in [1.54, 1.807) is 16.0 Å². The van der Waals surface area contributed by atoms with Crippen LogP contribution in [-0.4, -0.2) is 24.7 Å². The normalized spacial score (nSPS) is 10.9. The zero-order chi connectivity index (χ0) is 10.3. The molecule has 0 fully saturated rings. The van der Waals surface area contributed by atoms with Gasteiger partial charge in [-0.15, -0.1) is 16.4 Å². The number of aromatic nitrogens is 5. The standard InChI is InChI=1S/C8H6N6S/c9-8-12-4-14(13-8)7-6-5(1-2-15-6)10-3-11-7/h1-4H,(H2,9,13). The number of hydrogen-bond acceptors (Lipinski definition) is 6. The quantitative estimate of drug-likeness (QED) is 0.654. The highest BCUT2D eigenvalue weighted by Crippen LogP contribution is 2.23. The van der Waals surface area contributed by atoms with Crippen LogP contribution in [0, 0.1) is 0 Å². The van der Waals surface area contributed by atoms with E-state index in [1.807, 2.05) is 11.4 Å². The number of anilines is 1. The summed E-state index contributed by atoms with van der Waals surface area (Å²) in [5.74, 6) is 0.942. The minimum atomic E-state index is 0.235. The summed E-state index contributed by atoms with van der Waals surface area (Å²) in [6.45, 7) is 0. The predicted molar refractivity (Wildman–Crippen MR) is 56.7 cm³/mol. The van der Waals surface area contributed by atoms with Gasteiger partial charge in [-0.2, -0.15) is 4.68 Å². The lowest BCUT2D eigenvalue weighted by Gasteiger charge is -1.98. The molecule has 0 amide bonds. The molecule has 0 spiro atoms. The number of thiophene rings is 1. The largest absolute Gasteiger partial charge is 0.366 e. The maximum atomic E-state index is 5.45. The van der Waals surface area contributed by atoms with Gasteiger partial charge in [-0.1, -0.05) is 0 Å². The molecule has 0 aliphatic heterocycles. The van der Waals surface area contributed by atoms with E-state index in [1.165, 1.54) is 12.7 Å². The lowest BCUT2D eigenvalue weighted by molar-refractivity contribution is 0.855. The molecule has 74 valence electrons. The Kier molecular flexibility index (Phi) is 1.65. The Hall–Kier alpha value is -2.02. The van der Waals surface area contributed by atoms with Crippen molar-refractivity contribution in [3.05, 3.63) is 24.1 Å². The number of hydrogen-bond donors (Lipinski definition) is 1. The first kappa shape index (κ1) is 8.30. The van der Waals surface area contributed by atoms with Crippen LogP contribution in [-0.2, 0) is 0 Å². The van der Waals surface area contributed by atoms with Crippen molar-refractivity contribution in [2.24, 2.45) is 0 Å². The summed E-state index contributed by atoms with van der Waals surface area (Å²) < 4.78 is 2.53. The van der Waals surface area contributed by atoms with Crippen molar-refractivity contribution in [1.29, 1.82) is 0 Å². The second-order valence-corrected chi connectivity index (χ2v) is 3.80. The summed E-state index contributed by atoms with van der Waals surface area (Å²) in [5.41, 5.74) is 6.35. The Labute approximate surface area is 88.4 Å². The third-order valence-corrected chi connectivity index (χ3v) is 2.85. The van der Waals surface area contributed by atoms with Crippen LogP contribution in [0.5, 0.6) is 0 Å². The fraction of sp³-hybridized carbons (Fsp3) is 0. The van der Waals surface area contributed by atoms with Crippen LogP contribution in [0.2, 0.25) is 0 Å². The summed E-state index contributed by atoms with van der Waals surface area (Å²) in [7, 11) is 0. The summed E-state index contributed by atoms with van der Waals surface area (Å²) in [6, 6.07) is 1.94. The van der Waals surface area contributed by atoms with Crippen molar-refractivity contribution in [2.75, 3.05) is 5.73 Å². The summed E-state index contributed by atoms with van der Waals surface area (Å²) >= 11 is 1.56. The lowest BCUT2D eigenvalue weighted by Crippen LogP contribution is -1.99. The van der Waals surface area contributed by atoms with Gasteiger partial charge in [-0.25, -0.2) is 15.0 Å². The van der Waals surface area contributed by atoms with Gasteiger partial charge in [-0.3, -0.25) is 0 Å². The Bertz CT molecular complexity index is 612. The smallest absolute Gasteiger partial charge is 0.239 e. The first-order valence-electron chi connectivity index (χ1n) is 4.20. The molecule has 0 radical (unpaired) electrons. The maximum absolute atomic E-state index is 5.45. The molecule has 15 heavy (non-hydrogen) atoms. The lowest BCUT2D eigenvalue weighted by atomic mass is 10.4. The summed E-state index contributed by atoms with van der Waals surface area (Å²) in [5, 5.41) is 5.97. The van der Waals surface area contributed by atoms with Crippen molar-refractivity contribution in [1.82, 2.24) is 24.7 Å². The van der Waals surface area contributed by atoms with Crippen LogP contribution in [0.4, 0.5) is 5.95 Å². The molecule has 0 unspecified atom stereocenters. The molecular formula is C8H6N6S. The van der Waals surface area contributed by atoms with Crippen molar-refractivity contribution >= 4 is 27.5 Å². The zero-order valence-corrected chi connectivity index (χ0v) is 8.35. The molecule has 3 aromatic heterocycles. The molecule has 0 aromatic carbocycles. The average Bonchev–Trinajstić information content (AvgIpc) is 2.84. The molecule has 0 saturated heterocycles. The third kappa shape index (κ3) is 1.24. The van der Waals surface area contributed by atoms with Gasteiger partial charge in [0.1, 0.15) is 12.7 Å². The molecule has 7 heteroatoms. The van der Waals surface area contributed by atoms with Crippen LogP contribution in [0.15, 0.2) is 24.1 Å². The highest BCUT2D eigenvalue weighted by Gasteiger charge is 2.08. The molecule has 0 atom stereocenters. The van der Waals surface area contributed by atoms with Gasteiger partial charge in [-0.05, 0) is 11.4 Å². The number of nitrogens with two attached hydrogens (primary N) is 1. The minimum absolute atomic E-state index is 0.235. The number of rotatable bonds is 1. The van der Waals surface area contributed by atoms with Crippen LogP contribution in [0.3, 0.4) is 0 Å². The minimum Gasteiger partial charge on any atom is -0.366 e. The Morgan fingerprint density at radius 3 is 3.00 bits per heavy atom. The molecule has 6 nitrogen and oxygen atoms in total. The third-order valence-electron chi connectivity index (χ3n) is 1.95. The van der Waals surface area contributed by atoms with E-state index < -0.39 is 0 Å². The van der Waals surface area contributed by atoms with Crippen molar-refractivity contribution in [3.63, 3.8) is 0 Å².